The van der Waals surface area contributed by atoms with Crippen LogP contribution in [0.5, 0.6) is 11.5 Å². The minimum Gasteiger partial charge on any atom is -0.457 e. The zero-order valence-corrected chi connectivity index (χ0v) is 29.3. The molecule has 2 spiro atoms. The monoisotopic (exact) mass is 644 g/mol. The molecule has 0 radical (unpaired) electrons. The number of urea groups is 2. The predicted octanol–water partition coefficient (Wildman–Crippen LogP) is 5.63. The van der Waals surface area contributed by atoms with E-state index in [0.29, 0.717) is 48.6 Å². The van der Waals surface area contributed by atoms with Gasteiger partial charge in [-0.3, -0.25) is 19.4 Å². The lowest BCUT2D eigenvalue weighted by molar-refractivity contribution is -0.131. The summed E-state index contributed by atoms with van der Waals surface area (Å²) in [4.78, 5) is 61.1. The molecule has 4 aliphatic rings. The van der Waals surface area contributed by atoms with Crippen LogP contribution in [0.25, 0.3) is 0 Å². The molecule has 0 aromatic heterocycles. The van der Waals surface area contributed by atoms with Crippen molar-refractivity contribution in [2.75, 3.05) is 23.9 Å². The number of anilines is 2. The number of carbonyl (C=O) groups excluding carboxylic acids is 4. The lowest BCUT2D eigenvalue weighted by Crippen LogP contribution is -2.68. The van der Waals surface area contributed by atoms with Gasteiger partial charge in [0.05, 0.1) is 11.4 Å². The molecular formula is C36H48N6O5. The molecule has 4 heterocycles. The fourth-order valence-corrected chi connectivity index (χ4v) is 8.84. The quantitative estimate of drug-likeness (QED) is 0.415. The molecule has 6 amide bonds. The van der Waals surface area contributed by atoms with E-state index in [9.17, 15) is 19.2 Å². The average molecular weight is 645 g/mol. The van der Waals surface area contributed by atoms with Crippen molar-refractivity contribution in [2.45, 2.75) is 114 Å². The first-order valence-corrected chi connectivity index (χ1v) is 16.3. The van der Waals surface area contributed by atoms with Crippen molar-refractivity contribution in [3.05, 3.63) is 48.5 Å². The van der Waals surface area contributed by atoms with E-state index in [-0.39, 0.29) is 34.0 Å². The van der Waals surface area contributed by atoms with Gasteiger partial charge in [-0.1, -0.05) is 0 Å². The van der Waals surface area contributed by atoms with Gasteiger partial charge in [-0.2, -0.15) is 0 Å². The first-order chi connectivity index (χ1) is 21.6. The molecule has 47 heavy (non-hydrogen) atoms. The summed E-state index contributed by atoms with van der Waals surface area (Å²) in [6.45, 7) is 16.8. The van der Waals surface area contributed by atoms with Crippen LogP contribution >= 0.6 is 0 Å². The van der Waals surface area contributed by atoms with Crippen LogP contribution in [0, 0.1) is 0 Å². The third-order valence-corrected chi connectivity index (χ3v) is 11.3. The molecule has 0 aliphatic carbocycles. The Morgan fingerprint density at radius 2 is 0.787 bits per heavy atom. The van der Waals surface area contributed by atoms with Gasteiger partial charge in [-0.15, -0.1) is 0 Å². The van der Waals surface area contributed by atoms with E-state index in [1.165, 1.54) is 9.80 Å². The highest BCUT2D eigenvalue weighted by Gasteiger charge is 2.62. The van der Waals surface area contributed by atoms with Gasteiger partial charge in [-0.05, 0) is 144 Å². The second-order valence-corrected chi connectivity index (χ2v) is 16.5. The molecule has 0 unspecified atom stereocenters. The van der Waals surface area contributed by atoms with E-state index < -0.39 is 23.1 Å². The Hall–Kier alpha value is -3.96. The number of ether oxygens (including phenoxy) is 1. The molecule has 0 saturated carbocycles. The maximum Gasteiger partial charge on any atom is 0.329 e. The topological polar surface area (TPSA) is 115 Å². The van der Waals surface area contributed by atoms with E-state index >= 15 is 0 Å². The van der Waals surface area contributed by atoms with Gasteiger partial charge in [0.15, 0.2) is 0 Å². The van der Waals surface area contributed by atoms with E-state index in [1.54, 1.807) is 48.5 Å². The number of likely N-dealkylation sites (tertiary alicyclic amines) is 2. The number of hydrogen-bond donors (Lipinski definition) is 2. The minimum absolute atomic E-state index is 0.240. The standard InChI is InChI=1S/C36H48N6O5/c1-31(2)19-35(20-32(3,4)39(31)9)27(43)41(29(45)37-35)23-11-15-25(16-12-23)47-26-17-13-24(14-18-26)42-28(44)36(38-30(42)46)21-33(5,6)40(10)34(7,8)22-36/h11-18H,19-22H2,1-10H3,(H,37,45)(H,38,46). The Balaban J connectivity index is 1.15. The Labute approximate surface area is 277 Å². The molecule has 252 valence electrons. The summed E-state index contributed by atoms with van der Waals surface area (Å²) < 4.78 is 6.05. The third-order valence-electron chi connectivity index (χ3n) is 11.3. The summed E-state index contributed by atoms with van der Waals surface area (Å²) in [5.41, 5.74) is -2.17. The maximum absolute atomic E-state index is 13.8. The molecule has 11 nitrogen and oxygen atoms in total. The summed E-state index contributed by atoms with van der Waals surface area (Å²) in [6.07, 6.45) is 2.04. The molecule has 11 heteroatoms. The smallest absolute Gasteiger partial charge is 0.329 e. The third kappa shape index (κ3) is 5.18. The normalized spacial score (nSPS) is 25.7. The number of hydrogen-bond acceptors (Lipinski definition) is 7. The van der Waals surface area contributed by atoms with Crippen molar-refractivity contribution in [3.63, 3.8) is 0 Å². The van der Waals surface area contributed by atoms with Crippen LogP contribution < -0.4 is 25.2 Å². The molecule has 6 rings (SSSR count). The predicted molar refractivity (Wildman–Crippen MR) is 181 cm³/mol. The van der Waals surface area contributed by atoms with Crippen LogP contribution in [0.15, 0.2) is 48.5 Å². The van der Waals surface area contributed by atoms with Crippen molar-refractivity contribution >= 4 is 35.3 Å². The van der Waals surface area contributed by atoms with Gasteiger partial charge in [0.2, 0.25) is 0 Å². The number of nitrogens with one attached hydrogen (secondary N) is 2. The first kappa shape index (κ1) is 33.0. The molecule has 0 bridgehead atoms. The highest BCUT2D eigenvalue weighted by atomic mass is 16.5. The van der Waals surface area contributed by atoms with Crippen LogP contribution in [0.4, 0.5) is 21.0 Å². The second kappa shape index (κ2) is 10.3. The highest BCUT2D eigenvalue weighted by molar-refractivity contribution is 6.24. The zero-order chi connectivity index (χ0) is 34.5. The van der Waals surface area contributed by atoms with Crippen LogP contribution in [-0.4, -0.2) is 81.0 Å². The summed E-state index contributed by atoms with van der Waals surface area (Å²) in [7, 11) is 4.13. The number of imide groups is 2. The van der Waals surface area contributed by atoms with E-state index in [1.807, 2.05) is 0 Å². The Kier molecular flexibility index (Phi) is 7.20. The minimum atomic E-state index is -0.972. The SMILES string of the molecule is CN1C(C)(C)CC2(CC1(C)C)NC(=O)N(c1ccc(Oc3ccc(N4C(=O)NC5(CC(C)(C)N(C)C(C)(C)C5)C4=O)cc3)cc1)C2=O. The van der Waals surface area contributed by atoms with Gasteiger partial charge >= 0.3 is 12.1 Å². The summed E-state index contributed by atoms with van der Waals surface area (Å²) >= 11 is 0. The second-order valence-electron chi connectivity index (χ2n) is 16.5. The lowest BCUT2D eigenvalue weighted by Gasteiger charge is -2.56. The number of nitrogens with zero attached hydrogens (tertiary/aromatic N) is 4. The Morgan fingerprint density at radius 3 is 1.06 bits per heavy atom. The zero-order valence-electron chi connectivity index (χ0n) is 29.3. The van der Waals surface area contributed by atoms with Gasteiger partial charge in [0.1, 0.15) is 22.6 Å². The van der Waals surface area contributed by atoms with Crippen molar-refractivity contribution in [3.8, 4) is 11.5 Å². The lowest BCUT2D eigenvalue weighted by atomic mass is 9.69. The fourth-order valence-electron chi connectivity index (χ4n) is 8.84. The number of amides is 6. The molecule has 2 aromatic carbocycles. The molecular weight excluding hydrogens is 596 g/mol. The number of carbonyl (C=O) groups is 4. The molecule has 4 saturated heterocycles. The summed E-state index contributed by atoms with van der Waals surface area (Å²) in [5, 5.41) is 6.08. The number of benzene rings is 2. The average Bonchev–Trinajstić information content (AvgIpc) is 3.32. The highest BCUT2D eigenvalue weighted by Crippen LogP contribution is 2.47. The maximum atomic E-state index is 13.8. The van der Waals surface area contributed by atoms with Crippen molar-refractivity contribution in [1.29, 1.82) is 0 Å². The molecule has 2 N–H and O–H groups in total. The van der Waals surface area contributed by atoms with E-state index in [2.05, 4.69) is 89.9 Å². The Morgan fingerprint density at radius 1 is 0.511 bits per heavy atom. The molecule has 4 aliphatic heterocycles. The van der Waals surface area contributed by atoms with Gasteiger partial charge in [0, 0.05) is 22.2 Å². The molecule has 2 aromatic rings. The molecule has 0 atom stereocenters. The van der Waals surface area contributed by atoms with Crippen molar-refractivity contribution < 1.29 is 23.9 Å². The first-order valence-electron chi connectivity index (χ1n) is 16.3. The summed E-state index contributed by atoms with van der Waals surface area (Å²) in [6, 6.07) is 12.8. The Bertz CT molecular complexity index is 1490. The fraction of sp³-hybridized carbons (Fsp3) is 0.556. The van der Waals surface area contributed by atoms with E-state index in [4.69, 9.17) is 4.74 Å². The number of rotatable bonds is 4. The van der Waals surface area contributed by atoms with Gasteiger partial charge < -0.3 is 15.4 Å². The molecule has 4 fully saturated rings. The van der Waals surface area contributed by atoms with Crippen molar-refractivity contribution in [1.82, 2.24) is 20.4 Å². The van der Waals surface area contributed by atoms with Crippen LogP contribution in [-0.2, 0) is 9.59 Å². The van der Waals surface area contributed by atoms with Gasteiger partial charge in [0.25, 0.3) is 11.8 Å². The van der Waals surface area contributed by atoms with Crippen LogP contribution in [0.2, 0.25) is 0 Å². The van der Waals surface area contributed by atoms with Crippen molar-refractivity contribution in [2.24, 2.45) is 0 Å². The van der Waals surface area contributed by atoms with Gasteiger partial charge in [-0.25, -0.2) is 19.4 Å². The van der Waals surface area contributed by atoms with E-state index in [0.717, 1.165) is 0 Å². The largest absolute Gasteiger partial charge is 0.457 e. The van der Waals surface area contributed by atoms with Crippen LogP contribution in [0.1, 0.15) is 81.1 Å². The van der Waals surface area contributed by atoms with Crippen LogP contribution in [0.3, 0.4) is 0 Å². The summed E-state index contributed by atoms with van der Waals surface area (Å²) in [5.74, 6) is 0.537. The number of piperidine rings is 2.